The molecule has 0 aliphatic carbocycles. The predicted molar refractivity (Wildman–Crippen MR) is 68.9 cm³/mol. The van der Waals surface area contributed by atoms with Crippen LogP contribution in [0.5, 0.6) is 0 Å². The van der Waals surface area contributed by atoms with Gasteiger partial charge in [-0.3, -0.25) is 4.79 Å². The molecule has 0 amide bonds. The summed E-state index contributed by atoms with van der Waals surface area (Å²) in [4.78, 5) is 16.2. The molecular weight excluding hydrogens is 295 g/mol. The lowest BCUT2D eigenvalue weighted by atomic mass is 10.3. The molecule has 8 heteroatoms. The number of pyridine rings is 1. The highest BCUT2D eigenvalue weighted by molar-refractivity contribution is 6.29. The number of carbonyl (C=O) groups is 1. The minimum atomic E-state index is -4.88. The molecule has 0 aromatic carbocycles. The van der Waals surface area contributed by atoms with Crippen LogP contribution in [0, 0.1) is 0 Å². The van der Waals surface area contributed by atoms with Crippen molar-refractivity contribution in [1.29, 1.82) is 0 Å². The Morgan fingerprint density at radius 1 is 1.45 bits per heavy atom. The Labute approximate surface area is 119 Å². The first kappa shape index (κ1) is 16.3. The van der Waals surface area contributed by atoms with E-state index in [0.717, 1.165) is 5.56 Å². The van der Waals surface area contributed by atoms with Gasteiger partial charge in [0, 0.05) is 32.9 Å². The second-order valence-corrected chi connectivity index (χ2v) is 4.52. The van der Waals surface area contributed by atoms with E-state index in [1.54, 1.807) is 12.1 Å². The molecule has 0 saturated heterocycles. The number of halogens is 4. The topological polar surface area (TPSA) is 45.2 Å². The van der Waals surface area contributed by atoms with Gasteiger partial charge in [-0.15, -0.1) is 0 Å². The van der Waals surface area contributed by atoms with Crippen LogP contribution in [0.4, 0.5) is 13.2 Å². The zero-order valence-electron chi connectivity index (χ0n) is 10.8. The predicted octanol–water partition coefficient (Wildman–Crippen LogP) is 2.36. The zero-order valence-corrected chi connectivity index (χ0v) is 11.6. The Hall–Kier alpha value is -1.76. The molecule has 0 bridgehead atoms. The summed E-state index contributed by atoms with van der Waals surface area (Å²) in [6.45, 7) is 0.222. The van der Waals surface area contributed by atoms with Crippen LogP contribution in [-0.4, -0.2) is 35.9 Å². The van der Waals surface area contributed by atoms with Gasteiger partial charge in [0.05, 0.1) is 0 Å². The largest absolute Gasteiger partial charge is 0.454 e. The van der Waals surface area contributed by atoms with Crippen molar-refractivity contribution in [3.05, 3.63) is 40.9 Å². The van der Waals surface area contributed by atoms with Gasteiger partial charge in [0.2, 0.25) is 0 Å². The van der Waals surface area contributed by atoms with E-state index in [4.69, 9.17) is 11.6 Å². The SMILES string of the molecule is CN(C)C(=CC(=O)C(F)(F)F)NCc1ccc(Cl)nc1. The molecule has 1 aromatic rings. The van der Waals surface area contributed by atoms with Crippen molar-refractivity contribution in [2.45, 2.75) is 12.7 Å². The molecule has 0 fully saturated rings. The second-order valence-electron chi connectivity index (χ2n) is 4.13. The van der Waals surface area contributed by atoms with Crippen LogP contribution in [0.1, 0.15) is 5.56 Å². The average molecular weight is 308 g/mol. The van der Waals surface area contributed by atoms with Crippen molar-refractivity contribution < 1.29 is 18.0 Å². The summed E-state index contributed by atoms with van der Waals surface area (Å²) >= 11 is 5.62. The highest BCUT2D eigenvalue weighted by atomic mass is 35.5. The van der Waals surface area contributed by atoms with Gasteiger partial charge >= 0.3 is 6.18 Å². The number of nitrogens with zero attached hydrogens (tertiary/aromatic N) is 2. The lowest BCUT2D eigenvalue weighted by Crippen LogP contribution is -2.29. The Kier molecular flexibility index (Phi) is 5.38. The molecule has 0 aliphatic rings. The van der Waals surface area contributed by atoms with Crippen LogP contribution in [0.3, 0.4) is 0 Å². The fourth-order valence-corrected chi connectivity index (χ4v) is 1.36. The van der Waals surface area contributed by atoms with Crippen LogP contribution in [0.15, 0.2) is 30.2 Å². The Morgan fingerprint density at radius 2 is 2.10 bits per heavy atom. The van der Waals surface area contributed by atoms with E-state index in [9.17, 15) is 18.0 Å². The first-order valence-corrected chi connectivity index (χ1v) is 5.92. The molecule has 1 heterocycles. The molecule has 0 unspecified atom stereocenters. The molecule has 1 aromatic heterocycles. The first-order valence-electron chi connectivity index (χ1n) is 5.54. The van der Waals surface area contributed by atoms with Gasteiger partial charge in [-0.2, -0.15) is 13.2 Å². The van der Waals surface area contributed by atoms with E-state index in [1.165, 1.54) is 25.2 Å². The molecule has 0 atom stereocenters. The molecule has 20 heavy (non-hydrogen) atoms. The molecule has 0 aliphatic heterocycles. The molecular formula is C12H13ClF3N3O. The summed E-state index contributed by atoms with van der Waals surface area (Å²) in [5.74, 6) is -1.86. The first-order chi connectivity index (χ1) is 9.20. The zero-order chi connectivity index (χ0) is 15.3. The van der Waals surface area contributed by atoms with Crippen molar-refractivity contribution in [2.24, 2.45) is 0 Å². The normalized spacial score (nSPS) is 12.2. The summed E-state index contributed by atoms with van der Waals surface area (Å²) in [6.07, 6.45) is -2.87. The summed E-state index contributed by atoms with van der Waals surface area (Å²) in [5.41, 5.74) is 0.724. The van der Waals surface area contributed by atoms with E-state index < -0.39 is 12.0 Å². The summed E-state index contributed by atoms with van der Waals surface area (Å²) in [7, 11) is 3.06. The van der Waals surface area contributed by atoms with Crippen LogP contribution in [0.2, 0.25) is 5.15 Å². The lowest BCUT2D eigenvalue weighted by Gasteiger charge is -2.19. The maximum Gasteiger partial charge on any atom is 0.454 e. The third-order valence-electron chi connectivity index (χ3n) is 2.29. The quantitative estimate of drug-likeness (QED) is 0.670. The highest BCUT2D eigenvalue weighted by Crippen LogP contribution is 2.17. The van der Waals surface area contributed by atoms with Crippen molar-refractivity contribution >= 4 is 17.4 Å². The fraction of sp³-hybridized carbons (Fsp3) is 0.333. The van der Waals surface area contributed by atoms with E-state index in [2.05, 4.69) is 10.3 Å². The van der Waals surface area contributed by atoms with Gasteiger partial charge in [0.1, 0.15) is 11.0 Å². The van der Waals surface area contributed by atoms with Crippen LogP contribution in [0.25, 0.3) is 0 Å². The van der Waals surface area contributed by atoms with Crippen molar-refractivity contribution in [2.75, 3.05) is 14.1 Å². The van der Waals surface area contributed by atoms with Gasteiger partial charge < -0.3 is 10.2 Å². The van der Waals surface area contributed by atoms with E-state index in [1.807, 2.05) is 0 Å². The Morgan fingerprint density at radius 3 is 2.55 bits per heavy atom. The van der Waals surface area contributed by atoms with Crippen LogP contribution < -0.4 is 5.32 Å². The smallest absolute Gasteiger partial charge is 0.368 e. The molecule has 0 spiro atoms. The van der Waals surface area contributed by atoms with Crippen LogP contribution in [-0.2, 0) is 11.3 Å². The molecule has 110 valence electrons. The maximum atomic E-state index is 12.2. The van der Waals surface area contributed by atoms with Gasteiger partial charge in [-0.1, -0.05) is 17.7 Å². The number of allylic oxidation sites excluding steroid dienone is 1. The average Bonchev–Trinajstić information content (AvgIpc) is 2.34. The van der Waals surface area contributed by atoms with E-state index in [0.29, 0.717) is 11.2 Å². The van der Waals surface area contributed by atoms with Gasteiger partial charge in [-0.05, 0) is 11.6 Å². The minimum Gasteiger partial charge on any atom is -0.368 e. The number of carbonyl (C=O) groups excluding carboxylic acids is 1. The summed E-state index contributed by atoms with van der Waals surface area (Å²) < 4.78 is 36.6. The summed E-state index contributed by atoms with van der Waals surface area (Å²) in [6, 6.07) is 3.25. The molecule has 4 nitrogen and oxygen atoms in total. The number of alkyl halides is 3. The van der Waals surface area contributed by atoms with Gasteiger partial charge in [-0.25, -0.2) is 4.98 Å². The van der Waals surface area contributed by atoms with E-state index >= 15 is 0 Å². The van der Waals surface area contributed by atoms with Crippen molar-refractivity contribution in [1.82, 2.24) is 15.2 Å². The maximum absolute atomic E-state index is 12.2. The standard InChI is InChI=1S/C12H13ClF3N3O/c1-19(2)11(5-9(20)12(14,15)16)18-7-8-3-4-10(13)17-6-8/h3-6,18H,7H2,1-2H3. The van der Waals surface area contributed by atoms with Crippen molar-refractivity contribution in [3.8, 4) is 0 Å². The number of hydrogen-bond acceptors (Lipinski definition) is 4. The van der Waals surface area contributed by atoms with Crippen molar-refractivity contribution in [3.63, 3.8) is 0 Å². The van der Waals surface area contributed by atoms with Gasteiger partial charge in [0.25, 0.3) is 5.78 Å². The molecule has 0 saturated carbocycles. The fourth-order valence-electron chi connectivity index (χ4n) is 1.25. The minimum absolute atomic E-state index is 0.0577. The Bertz CT molecular complexity index is 498. The number of nitrogens with one attached hydrogen (secondary N) is 1. The lowest BCUT2D eigenvalue weighted by molar-refractivity contribution is -0.165. The Balaban J connectivity index is 2.76. The third kappa shape index (κ3) is 5.08. The number of hydrogen-bond donors (Lipinski definition) is 1. The molecule has 1 rings (SSSR count). The van der Waals surface area contributed by atoms with E-state index in [-0.39, 0.29) is 12.4 Å². The number of ketones is 1. The molecule has 1 N–H and O–H groups in total. The number of aromatic nitrogens is 1. The molecule has 0 radical (unpaired) electrons. The van der Waals surface area contributed by atoms with Crippen LogP contribution >= 0.6 is 11.6 Å². The summed E-state index contributed by atoms with van der Waals surface area (Å²) in [5, 5.41) is 3.06. The third-order valence-corrected chi connectivity index (χ3v) is 2.51. The van der Waals surface area contributed by atoms with Gasteiger partial charge in [0.15, 0.2) is 0 Å². The second kappa shape index (κ2) is 6.60. The monoisotopic (exact) mass is 307 g/mol. The highest BCUT2D eigenvalue weighted by Gasteiger charge is 2.37. The number of rotatable bonds is 5.